The molecule has 2 aromatic rings. The lowest BCUT2D eigenvalue weighted by Crippen LogP contribution is -2.33. The highest BCUT2D eigenvalue weighted by Crippen LogP contribution is 2.34. The first kappa shape index (κ1) is 25.0. The van der Waals surface area contributed by atoms with Crippen LogP contribution in [0.4, 0.5) is 22.1 Å². The lowest BCUT2D eigenvalue weighted by Gasteiger charge is -2.22. The predicted molar refractivity (Wildman–Crippen MR) is 121 cm³/mol. The molecule has 1 amide bonds. The largest absolute Gasteiger partial charge is 0.491 e. The lowest BCUT2D eigenvalue weighted by molar-refractivity contribution is -0.383. The molecular weight excluding hydrogens is 432 g/mol. The molecule has 2 N–H and O–H groups in total. The van der Waals surface area contributed by atoms with Crippen LogP contribution in [0.25, 0.3) is 0 Å². The first-order chi connectivity index (χ1) is 15.9. The fourth-order valence-corrected chi connectivity index (χ4v) is 2.60. The van der Waals surface area contributed by atoms with Gasteiger partial charge in [-0.1, -0.05) is 12.2 Å². The molecule has 33 heavy (non-hydrogen) atoms. The number of hydrogen-bond acceptors (Lipinski definition) is 10. The average Bonchev–Trinajstić information content (AvgIpc) is 2.78. The van der Waals surface area contributed by atoms with E-state index in [0.29, 0.717) is 30.9 Å². The van der Waals surface area contributed by atoms with E-state index in [2.05, 4.69) is 28.1 Å². The van der Waals surface area contributed by atoms with Gasteiger partial charge in [0.25, 0.3) is 0 Å². The maximum absolute atomic E-state index is 12.8. The minimum absolute atomic E-state index is 0.0251. The van der Waals surface area contributed by atoms with Gasteiger partial charge in [0, 0.05) is 6.20 Å². The van der Waals surface area contributed by atoms with Gasteiger partial charge in [-0.3, -0.25) is 15.1 Å². The molecule has 176 valence electrons. The summed E-state index contributed by atoms with van der Waals surface area (Å²) in [7, 11) is 0. The van der Waals surface area contributed by atoms with Crippen LogP contribution in [0.15, 0.2) is 43.6 Å². The van der Waals surface area contributed by atoms with Crippen LogP contribution in [0.5, 0.6) is 11.8 Å². The molecule has 2 rings (SSSR count). The fraction of sp³-hybridized carbons (Fsp3) is 0.333. The van der Waals surface area contributed by atoms with Crippen molar-refractivity contribution in [3.05, 3.63) is 59.4 Å². The summed E-state index contributed by atoms with van der Waals surface area (Å²) in [5, 5.41) is 11.8. The Bertz CT molecular complexity index is 999. The summed E-state index contributed by atoms with van der Waals surface area (Å²) >= 11 is 0. The van der Waals surface area contributed by atoms with Crippen LogP contribution >= 0.6 is 0 Å². The molecule has 12 nitrogen and oxygen atoms in total. The van der Waals surface area contributed by atoms with E-state index in [1.54, 1.807) is 31.2 Å². The summed E-state index contributed by atoms with van der Waals surface area (Å²) in [6.07, 6.45) is 5.01. The Hall–Kier alpha value is -4.22. The first-order valence-corrected chi connectivity index (χ1v) is 10.1. The second kappa shape index (κ2) is 12.6. The molecule has 0 bridgehead atoms. The molecule has 0 saturated carbocycles. The summed E-state index contributed by atoms with van der Waals surface area (Å²) in [6, 6.07) is 3.10. The molecule has 0 aromatic carbocycles. The first-order valence-electron chi connectivity index (χ1n) is 10.1. The Kier molecular flexibility index (Phi) is 9.55. The number of amides is 1. The van der Waals surface area contributed by atoms with Gasteiger partial charge in [-0.05, 0) is 31.9 Å². The summed E-state index contributed by atoms with van der Waals surface area (Å²) in [6.45, 7) is 9.12. The van der Waals surface area contributed by atoms with Gasteiger partial charge in [0.05, 0.1) is 31.3 Å². The maximum atomic E-state index is 12.8. The van der Waals surface area contributed by atoms with E-state index in [-0.39, 0.29) is 31.6 Å². The normalized spacial score (nSPS) is 10.2. The van der Waals surface area contributed by atoms with Gasteiger partial charge in [0.2, 0.25) is 11.6 Å². The van der Waals surface area contributed by atoms with E-state index in [1.807, 2.05) is 0 Å². The van der Waals surface area contributed by atoms with Crippen molar-refractivity contribution in [3.63, 3.8) is 0 Å². The topological polar surface area (TPSA) is 156 Å². The average molecular weight is 458 g/mol. The van der Waals surface area contributed by atoms with Crippen molar-refractivity contribution in [2.24, 2.45) is 0 Å². The number of hydrogen-bond donors (Lipinski definition) is 1. The summed E-state index contributed by atoms with van der Waals surface area (Å²) in [4.78, 5) is 36.9. The molecule has 2 heterocycles. The van der Waals surface area contributed by atoms with Crippen molar-refractivity contribution in [2.45, 2.75) is 26.3 Å². The molecule has 0 aliphatic rings. The molecule has 0 fully saturated rings. The monoisotopic (exact) mass is 458 g/mol. The number of nitrogens with two attached hydrogens (primary N) is 1. The van der Waals surface area contributed by atoms with Crippen molar-refractivity contribution in [2.75, 3.05) is 30.5 Å². The molecule has 0 aliphatic carbocycles. The van der Waals surface area contributed by atoms with Crippen molar-refractivity contribution < 1.29 is 23.9 Å². The Labute approximate surface area is 190 Å². The molecule has 0 spiro atoms. The summed E-state index contributed by atoms with van der Waals surface area (Å²) < 4.78 is 16.2. The third kappa shape index (κ3) is 6.89. The second-order valence-electron chi connectivity index (χ2n) is 6.41. The van der Waals surface area contributed by atoms with E-state index >= 15 is 0 Å². The Morgan fingerprint density at radius 1 is 1.24 bits per heavy atom. The number of carbonyl (C=O) groups is 1. The molecule has 0 atom stereocenters. The van der Waals surface area contributed by atoms with E-state index < -0.39 is 22.5 Å². The van der Waals surface area contributed by atoms with Crippen molar-refractivity contribution in [1.82, 2.24) is 15.0 Å². The van der Waals surface area contributed by atoms with Crippen LogP contribution in [-0.2, 0) is 11.3 Å². The molecular formula is C21H26N6O6. The van der Waals surface area contributed by atoms with Crippen LogP contribution < -0.4 is 20.1 Å². The molecule has 0 radical (unpaired) electrons. The predicted octanol–water partition coefficient (Wildman–Crippen LogP) is 3.43. The van der Waals surface area contributed by atoms with Crippen LogP contribution in [0.2, 0.25) is 0 Å². The van der Waals surface area contributed by atoms with E-state index in [4.69, 9.17) is 19.9 Å². The number of nitrogen functional groups attached to an aromatic ring is 1. The second-order valence-corrected chi connectivity index (χ2v) is 6.41. The maximum Gasteiger partial charge on any atom is 0.416 e. The van der Waals surface area contributed by atoms with Crippen molar-refractivity contribution in [3.8, 4) is 11.8 Å². The Morgan fingerprint density at radius 2 is 1.94 bits per heavy atom. The molecule has 0 saturated heterocycles. The smallest absolute Gasteiger partial charge is 0.416 e. The molecule has 12 heteroatoms. The van der Waals surface area contributed by atoms with Gasteiger partial charge in [0.1, 0.15) is 11.4 Å². The zero-order chi connectivity index (χ0) is 24.2. The van der Waals surface area contributed by atoms with E-state index in [1.165, 1.54) is 6.20 Å². The number of aromatic nitrogens is 3. The fourth-order valence-electron chi connectivity index (χ4n) is 2.60. The number of nitro groups is 1. The molecule has 0 aliphatic heterocycles. The highest BCUT2D eigenvalue weighted by atomic mass is 16.6. The number of nitrogens with zero attached hydrogens (tertiary/aromatic N) is 5. The van der Waals surface area contributed by atoms with Crippen LogP contribution in [0.3, 0.4) is 0 Å². The number of rotatable bonds is 13. The van der Waals surface area contributed by atoms with Gasteiger partial charge >= 0.3 is 17.8 Å². The number of ether oxygens (including phenoxy) is 3. The third-order valence-electron chi connectivity index (χ3n) is 4.09. The van der Waals surface area contributed by atoms with Gasteiger partial charge in [0.15, 0.2) is 0 Å². The van der Waals surface area contributed by atoms with Crippen LogP contribution in [-0.4, -0.2) is 45.8 Å². The lowest BCUT2D eigenvalue weighted by atomic mass is 10.3. The standard InChI is InChI=1S/C21H26N6O6/c1-4-7-12-32-16-10-9-11-23-15(16)14-26(21(28)31-6-3)19-17(27(29)30)18(22)24-20(25-19)33-13-8-5-2/h4-5,9-11H,1-2,6-8,12-14H2,3H3,(H2,22,24,25). The number of anilines is 2. The highest BCUT2D eigenvalue weighted by Gasteiger charge is 2.33. The number of pyridine rings is 1. The molecule has 0 unspecified atom stereocenters. The van der Waals surface area contributed by atoms with E-state index in [0.717, 1.165) is 4.90 Å². The minimum atomic E-state index is -0.890. The zero-order valence-corrected chi connectivity index (χ0v) is 18.3. The third-order valence-corrected chi connectivity index (χ3v) is 4.09. The number of carbonyl (C=O) groups excluding carboxylic acids is 1. The van der Waals surface area contributed by atoms with Crippen LogP contribution in [0, 0.1) is 10.1 Å². The Morgan fingerprint density at radius 3 is 2.58 bits per heavy atom. The van der Waals surface area contributed by atoms with E-state index in [9.17, 15) is 14.9 Å². The quantitative estimate of drug-likeness (QED) is 0.204. The SMILES string of the molecule is C=CCCOc1nc(N)c([N+](=O)[O-])c(N(Cc2ncccc2OCCC=C)C(=O)OCC)n1. The van der Waals surface area contributed by atoms with Crippen LogP contribution in [0.1, 0.15) is 25.5 Å². The molecule has 2 aromatic heterocycles. The minimum Gasteiger partial charge on any atom is -0.491 e. The highest BCUT2D eigenvalue weighted by molar-refractivity contribution is 5.90. The van der Waals surface area contributed by atoms with Gasteiger partial charge < -0.3 is 19.9 Å². The van der Waals surface area contributed by atoms with Gasteiger partial charge in [-0.2, -0.15) is 9.97 Å². The Balaban J connectivity index is 2.53. The van der Waals surface area contributed by atoms with Crippen molar-refractivity contribution in [1.29, 1.82) is 0 Å². The van der Waals surface area contributed by atoms with Crippen molar-refractivity contribution >= 4 is 23.4 Å². The van der Waals surface area contributed by atoms with Gasteiger partial charge in [-0.25, -0.2) is 9.69 Å². The summed E-state index contributed by atoms with van der Waals surface area (Å²) in [5.74, 6) is -0.459. The summed E-state index contributed by atoms with van der Waals surface area (Å²) in [5.41, 5.74) is 5.49. The van der Waals surface area contributed by atoms with Gasteiger partial charge in [-0.15, -0.1) is 13.2 Å². The zero-order valence-electron chi connectivity index (χ0n) is 18.3.